The highest BCUT2D eigenvalue weighted by Gasteiger charge is 2.07. The molecule has 0 spiro atoms. The van der Waals surface area contributed by atoms with E-state index in [0.29, 0.717) is 18.5 Å². The molecule has 0 saturated heterocycles. The molecule has 6 heteroatoms. The number of nitrogens with zero attached hydrogens (tertiary/aromatic N) is 2. The summed E-state index contributed by atoms with van der Waals surface area (Å²) in [4.78, 5) is 1.14. The predicted molar refractivity (Wildman–Crippen MR) is 68.6 cm³/mol. The van der Waals surface area contributed by atoms with E-state index in [0.717, 1.165) is 10.6 Å². The largest absolute Gasteiger partial charge is 0.406 e. The van der Waals surface area contributed by atoms with Gasteiger partial charge in [-0.15, -0.1) is 16.9 Å². The molecule has 1 aromatic heterocycles. The molecule has 0 aliphatic heterocycles. The first-order chi connectivity index (χ1) is 8.33. The maximum atomic E-state index is 5.42. The Labute approximate surface area is 104 Å². The van der Waals surface area contributed by atoms with Crippen LogP contribution >= 0.6 is 11.8 Å². The Morgan fingerprint density at radius 3 is 2.88 bits per heavy atom. The van der Waals surface area contributed by atoms with E-state index in [4.69, 9.17) is 4.42 Å². The lowest BCUT2D eigenvalue weighted by molar-refractivity contribution is 0.492. The van der Waals surface area contributed by atoms with Crippen LogP contribution < -0.4 is 10.6 Å². The SMILES string of the molecule is CNCc1nnc(Nc2ccccc2SC)o1. The van der Waals surface area contributed by atoms with Gasteiger partial charge >= 0.3 is 6.01 Å². The number of anilines is 2. The minimum Gasteiger partial charge on any atom is -0.406 e. The van der Waals surface area contributed by atoms with E-state index in [1.165, 1.54) is 0 Å². The Kier molecular flexibility index (Phi) is 4.00. The zero-order valence-corrected chi connectivity index (χ0v) is 10.5. The molecular formula is C11H14N4OS. The summed E-state index contributed by atoms with van der Waals surface area (Å²) >= 11 is 1.67. The van der Waals surface area contributed by atoms with Crippen LogP contribution in [0.2, 0.25) is 0 Å². The highest BCUT2D eigenvalue weighted by atomic mass is 32.2. The third kappa shape index (κ3) is 2.98. The number of para-hydroxylation sites is 1. The third-order valence-corrected chi connectivity index (χ3v) is 2.94. The summed E-state index contributed by atoms with van der Waals surface area (Å²) in [7, 11) is 1.83. The van der Waals surface area contributed by atoms with Crippen molar-refractivity contribution in [3.63, 3.8) is 0 Å². The van der Waals surface area contributed by atoms with Gasteiger partial charge in [0.05, 0.1) is 12.2 Å². The first-order valence-electron chi connectivity index (χ1n) is 5.20. The van der Waals surface area contributed by atoms with Gasteiger partial charge in [-0.2, -0.15) is 0 Å². The highest BCUT2D eigenvalue weighted by molar-refractivity contribution is 7.98. The van der Waals surface area contributed by atoms with Crippen molar-refractivity contribution >= 4 is 23.5 Å². The number of nitrogens with one attached hydrogen (secondary N) is 2. The molecule has 0 fully saturated rings. The Hall–Kier alpha value is -1.53. The molecule has 0 saturated carbocycles. The van der Waals surface area contributed by atoms with Gasteiger partial charge in [0.1, 0.15) is 0 Å². The second kappa shape index (κ2) is 5.70. The number of benzene rings is 1. The molecule has 1 aromatic carbocycles. The molecule has 0 radical (unpaired) electrons. The minimum atomic E-state index is 0.414. The fourth-order valence-corrected chi connectivity index (χ4v) is 1.94. The highest BCUT2D eigenvalue weighted by Crippen LogP contribution is 2.27. The standard InChI is InChI=1S/C11H14N4OS/c1-12-7-10-14-15-11(16-10)13-8-5-3-4-6-9(8)17-2/h3-6,12H,7H2,1-2H3,(H,13,15). The van der Waals surface area contributed by atoms with Crippen molar-refractivity contribution in [2.24, 2.45) is 0 Å². The maximum Gasteiger partial charge on any atom is 0.320 e. The molecule has 0 aliphatic carbocycles. The Bertz CT molecular complexity index is 486. The topological polar surface area (TPSA) is 63.0 Å². The van der Waals surface area contributed by atoms with E-state index < -0.39 is 0 Å². The second-order valence-corrected chi connectivity index (χ2v) is 4.20. The monoisotopic (exact) mass is 250 g/mol. The molecule has 2 aromatic rings. The molecule has 90 valence electrons. The summed E-state index contributed by atoms with van der Waals surface area (Å²) < 4.78 is 5.42. The van der Waals surface area contributed by atoms with Gasteiger partial charge in [-0.3, -0.25) is 0 Å². The summed E-state index contributed by atoms with van der Waals surface area (Å²) in [5.74, 6) is 0.566. The maximum absolute atomic E-state index is 5.42. The summed E-state index contributed by atoms with van der Waals surface area (Å²) in [5.41, 5.74) is 0.972. The van der Waals surface area contributed by atoms with Crippen LogP contribution in [-0.4, -0.2) is 23.5 Å². The first kappa shape index (κ1) is 11.9. The van der Waals surface area contributed by atoms with Gasteiger partial charge in [-0.25, -0.2) is 0 Å². The summed E-state index contributed by atoms with van der Waals surface area (Å²) in [6, 6.07) is 8.40. The van der Waals surface area contributed by atoms with Crippen molar-refractivity contribution in [2.45, 2.75) is 11.4 Å². The Morgan fingerprint density at radius 2 is 2.12 bits per heavy atom. The number of rotatable bonds is 5. The van der Waals surface area contributed by atoms with Crippen molar-refractivity contribution in [2.75, 3.05) is 18.6 Å². The van der Waals surface area contributed by atoms with Gasteiger partial charge in [0.2, 0.25) is 5.89 Å². The molecular weight excluding hydrogens is 236 g/mol. The smallest absolute Gasteiger partial charge is 0.320 e. The molecule has 2 N–H and O–H groups in total. The van der Waals surface area contributed by atoms with Crippen LogP contribution in [0.3, 0.4) is 0 Å². The van der Waals surface area contributed by atoms with Crippen molar-refractivity contribution in [3.05, 3.63) is 30.2 Å². The molecule has 0 unspecified atom stereocenters. The van der Waals surface area contributed by atoms with Crippen LogP contribution in [0.4, 0.5) is 11.7 Å². The van der Waals surface area contributed by atoms with E-state index >= 15 is 0 Å². The van der Waals surface area contributed by atoms with Gasteiger partial charge in [0.25, 0.3) is 0 Å². The molecule has 1 heterocycles. The zero-order chi connectivity index (χ0) is 12.1. The van der Waals surface area contributed by atoms with Crippen LogP contribution in [-0.2, 0) is 6.54 Å². The first-order valence-corrected chi connectivity index (χ1v) is 6.43. The number of thioether (sulfide) groups is 1. The van der Waals surface area contributed by atoms with Gasteiger partial charge < -0.3 is 15.1 Å². The number of aromatic nitrogens is 2. The third-order valence-electron chi connectivity index (χ3n) is 2.14. The number of hydrogen-bond acceptors (Lipinski definition) is 6. The molecule has 17 heavy (non-hydrogen) atoms. The molecule has 0 aliphatic rings. The average Bonchev–Trinajstić information content (AvgIpc) is 2.78. The number of hydrogen-bond donors (Lipinski definition) is 2. The van der Waals surface area contributed by atoms with Crippen molar-refractivity contribution < 1.29 is 4.42 Å². The quantitative estimate of drug-likeness (QED) is 0.794. The average molecular weight is 250 g/mol. The lowest BCUT2D eigenvalue weighted by Gasteiger charge is -2.05. The fraction of sp³-hybridized carbons (Fsp3) is 0.273. The van der Waals surface area contributed by atoms with Crippen LogP contribution in [0.1, 0.15) is 5.89 Å². The molecule has 2 rings (SSSR count). The van der Waals surface area contributed by atoms with Gasteiger partial charge in [-0.1, -0.05) is 17.2 Å². The molecule has 0 bridgehead atoms. The van der Waals surface area contributed by atoms with Crippen LogP contribution in [0.25, 0.3) is 0 Å². The summed E-state index contributed by atoms with van der Waals surface area (Å²) in [6.07, 6.45) is 2.03. The molecule has 5 nitrogen and oxygen atoms in total. The van der Waals surface area contributed by atoms with Gasteiger partial charge in [0, 0.05) is 4.90 Å². The summed E-state index contributed by atoms with van der Waals surface area (Å²) in [6.45, 7) is 0.568. The molecule has 0 amide bonds. The van der Waals surface area contributed by atoms with Crippen LogP contribution in [0.15, 0.2) is 33.6 Å². The van der Waals surface area contributed by atoms with Crippen molar-refractivity contribution in [1.29, 1.82) is 0 Å². The summed E-state index contributed by atoms with van der Waals surface area (Å²) in [5, 5.41) is 13.9. The van der Waals surface area contributed by atoms with E-state index in [1.807, 2.05) is 37.6 Å². The van der Waals surface area contributed by atoms with E-state index in [-0.39, 0.29) is 0 Å². The lowest BCUT2D eigenvalue weighted by Crippen LogP contribution is -2.04. The van der Waals surface area contributed by atoms with Crippen LogP contribution in [0, 0.1) is 0 Å². The normalized spacial score (nSPS) is 10.5. The predicted octanol–water partition coefficient (Wildman–Crippen LogP) is 2.25. The zero-order valence-electron chi connectivity index (χ0n) is 9.73. The van der Waals surface area contributed by atoms with Crippen molar-refractivity contribution in [1.82, 2.24) is 15.5 Å². The van der Waals surface area contributed by atoms with Crippen LogP contribution in [0.5, 0.6) is 0 Å². The minimum absolute atomic E-state index is 0.414. The molecule has 0 atom stereocenters. The Balaban J connectivity index is 2.13. The van der Waals surface area contributed by atoms with E-state index in [1.54, 1.807) is 11.8 Å². The second-order valence-electron chi connectivity index (χ2n) is 3.36. The lowest BCUT2D eigenvalue weighted by atomic mass is 10.3. The van der Waals surface area contributed by atoms with Gasteiger partial charge in [0.15, 0.2) is 0 Å². The van der Waals surface area contributed by atoms with Gasteiger partial charge in [-0.05, 0) is 25.4 Å². The van der Waals surface area contributed by atoms with E-state index in [9.17, 15) is 0 Å². The Morgan fingerprint density at radius 1 is 1.29 bits per heavy atom. The fourth-order valence-electron chi connectivity index (χ4n) is 1.39. The van der Waals surface area contributed by atoms with Crippen molar-refractivity contribution in [3.8, 4) is 0 Å². The van der Waals surface area contributed by atoms with E-state index in [2.05, 4.69) is 20.8 Å².